The Labute approximate surface area is 110 Å². The number of aromatic nitrogens is 2. The number of carbonyl (C=O) groups excluding carboxylic acids is 1. The number of amides is 1. The van der Waals surface area contributed by atoms with Crippen LogP contribution in [0.2, 0.25) is 0 Å². The van der Waals surface area contributed by atoms with Gasteiger partial charge in [0.15, 0.2) is 0 Å². The molecule has 94 valence electrons. The number of fused-ring (bicyclic) bond motifs is 1. The van der Waals surface area contributed by atoms with Crippen molar-refractivity contribution < 1.29 is 4.79 Å². The molecule has 1 amide bonds. The highest BCUT2D eigenvalue weighted by Crippen LogP contribution is 2.21. The first kappa shape index (κ1) is 11.5. The number of nitrogens with zero attached hydrogens (tertiary/aromatic N) is 2. The zero-order valence-corrected chi connectivity index (χ0v) is 10.5. The molecule has 19 heavy (non-hydrogen) atoms. The summed E-state index contributed by atoms with van der Waals surface area (Å²) in [7, 11) is 1.93. The maximum atomic E-state index is 12.3. The summed E-state index contributed by atoms with van der Waals surface area (Å²) in [4.78, 5) is 16.3. The summed E-state index contributed by atoms with van der Waals surface area (Å²) in [5.41, 5.74) is 2.40. The number of hydrogen-bond donors (Lipinski definition) is 1. The number of nitrogens with one attached hydrogen (secondary N) is 1. The molecule has 3 rings (SSSR count). The van der Waals surface area contributed by atoms with Gasteiger partial charge in [-0.1, -0.05) is 18.2 Å². The first-order valence-corrected chi connectivity index (χ1v) is 6.01. The number of aryl methyl sites for hydroxylation is 1. The Bertz CT molecular complexity index is 731. The van der Waals surface area contributed by atoms with Crippen molar-refractivity contribution in [1.29, 1.82) is 0 Å². The first-order chi connectivity index (χ1) is 9.25. The number of pyridine rings is 1. The highest BCUT2D eigenvalue weighted by molar-refractivity contribution is 6.12. The maximum absolute atomic E-state index is 12.3. The van der Waals surface area contributed by atoms with Crippen molar-refractivity contribution in [3.8, 4) is 0 Å². The third-order valence-corrected chi connectivity index (χ3v) is 3.06. The van der Waals surface area contributed by atoms with Crippen LogP contribution in [-0.2, 0) is 7.05 Å². The van der Waals surface area contributed by atoms with Gasteiger partial charge in [-0.3, -0.25) is 9.78 Å². The van der Waals surface area contributed by atoms with E-state index in [0.29, 0.717) is 11.3 Å². The van der Waals surface area contributed by atoms with Gasteiger partial charge in [0.2, 0.25) is 0 Å². The molecule has 4 heteroatoms. The van der Waals surface area contributed by atoms with E-state index in [4.69, 9.17) is 0 Å². The van der Waals surface area contributed by atoms with Crippen molar-refractivity contribution in [3.05, 3.63) is 60.6 Å². The molecular weight excluding hydrogens is 238 g/mol. The van der Waals surface area contributed by atoms with E-state index in [1.54, 1.807) is 18.5 Å². The Morgan fingerprint density at radius 3 is 2.84 bits per heavy atom. The normalized spacial score (nSPS) is 10.6. The summed E-state index contributed by atoms with van der Waals surface area (Å²) in [5.74, 6) is -0.121. The van der Waals surface area contributed by atoms with Crippen molar-refractivity contribution in [2.75, 3.05) is 5.32 Å². The Balaban J connectivity index is 1.98. The molecule has 1 N–H and O–H groups in total. The summed E-state index contributed by atoms with van der Waals surface area (Å²) >= 11 is 0. The van der Waals surface area contributed by atoms with Gasteiger partial charge in [-0.15, -0.1) is 0 Å². The number of rotatable bonds is 2. The maximum Gasteiger partial charge on any atom is 0.257 e. The minimum absolute atomic E-state index is 0.121. The second kappa shape index (κ2) is 4.57. The molecule has 0 saturated heterocycles. The summed E-state index contributed by atoms with van der Waals surface area (Å²) in [6.07, 6.45) is 5.15. The number of benzene rings is 1. The lowest BCUT2D eigenvalue weighted by atomic mass is 10.1. The zero-order chi connectivity index (χ0) is 13.2. The quantitative estimate of drug-likeness (QED) is 0.761. The van der Waals surface area contributed by atoms with Crippen molar-refractivity contribution in [3.63, 3.8) is 0 Å². The summed E-state index contributed by atoms with van der Waals surface area (Å²) in [5, 5.41) is 3.80. The average Bonchev–Trinajstić information content (AvgIpc) is 2.78. The SMILES string of the molecule is Cn1cc(C(=O)Nc2cccnc2)c2ccccc21. The molecular formula is C15H13N3O. The molecule has 2 aromatic heterocycles. The van der Waals surface area contributed by atoms with E-state index < -0.39 is 0 Å². The van der Waals surface area contributed by atoms with Gasteiger partial charge in [0.1, 0.15) is 0 Å². The van der Waals surface area contributed by atoms with Crippen LogP contribution >= 0.6 is 0 Å². The summed E-state index contributed by atoms with van der Waals surface area (Å²) in [6, 6.07) is 11.5. The van der Waals surface area contributed by atoms with Crippen molar-refractivity contribution in [2.45, 2.75) is 0 Å². The van der Waals surface area contributed by atoms with E-state index in [1.165, 1.54) is 0 Å². The highest BCUT2D eigenvalue weighted by atomic mass is 16.1. The van der Waals surface area contributed by atoms with Crippen LogP contribution < -0.4 is 5.32 Å². The van der Waals surface area contributed by atoms with Gasteiger partial charge in [0.25, 0.3) is 5.91 Å². The molecule has 0 bridgehead atoms. The lowest BCUT2D eigenvalue weighted by Crippen LogP contribution is -2.11. The van der Waals surface area contributed by atoms with Gasteiger partial charge < -0.3 is 9.88 Å². The van der Waals surface area contributed by atoms with Crippen LogP contribution in [0.15, 0.2) is 55.0 Å². The molecule has 2 heterocycles. The van der Waals surface area contributed by atoms with Crippen LogP contribution in [0.25, 0.3) is 10.9 Å². The average molecular weight is 251 g/mol. The molecule has 4 nitrogen and oxygen atoms in total. The van der Waals surface area contributed by atoms with Crippen molar-refractivity contribution in [1.82, 2.24) is 9.55 Å². The topological polar surface area (TPSA) is 46.9 Å². The minimum Gasteiger partial charge on any atom is -0.350 e. The Morgan fingerprint density at radius 2 is 2.05 bits per heavy atom. The van der Waals surface area contributed by atoms with Crippen molar-refractivity contribution >= 4 is 22.5 Å². The molecule has 0 saturated carbocycles. The second-order valence-electron chi connectivity index (χ2n) is 4.37. The Hall–Kier alpha value is -2.62. The fourth-order valence-electron chi connectivity index (χ4n) is 2.16. The standard InChI is InChI=1S/C15H13N3O/c1-18-10-13(12-6-2-3-7-14(12)18)15(19)17-11-5-4-8-16-9-11/h2-10H,1H3,(H,17,19). The summed E-state index contributed by atoms with van der Waals surface area (Å²) < 4.78 is 1.95. The fraction of sp³-hybridized carbons (Fsp3) is 0.0667. The molecule has 1 aromatic carbocycles. The zero-order valence-electron chi connectivity index (χ0n) is 10.5. The van der Waals surface area contributed by atoms with Crippen LogP contribution in [0, 0.1) is 0 Å². The van der Waals surface area contributed by atoms with Gasteiger partial charge in [-0.25, -0.2) is 0 Å². The molecule has 0 spiro atoms. The second-order valence-corrected chi connectivity index (χ2v) is 4.37. The van der Waals surface area contributed by atoms with Crippen LogP contribution in [0.4, 0.5) is 5.69 Å². The minimum atomic E-state index is -0.121. The van der Waals surface area contributed by atoms with Crippen LogP contribution in [0.3, 0.4) is 0 Å². The van der Waals surface area contributed by atoms with Gasteiger partial charge >= 0.3 is 0 Å². The fourth-order valence-corrected chi connectivity index (χ4v) is 2.16. The molecule has 0 aliphatic heterocycles. The number of anilines is 1. The van der Waals surface area contributed by atoms with Crippen molar-refractivity contribution in [2.24, 2.45) is 7.05 Å². The van der Waals surface area contributed by atoms with Gasteiger partial charge in [0, 0.05) is 30.3 Å². The van der Waals surface area contributed by atoms with Crippen LogP contribution in [-0.4, -0.2) is 15.5 Å². The van der Waals surface area contributed by atoms with Gasteiger partial charge in [-0.2, -0.15) is 0 Å². The van der Waals surface area contributed by atoms with E-state index in [1.807, 2.05) is 48.1 Å². The van der Waals surface area contributed by atoms with Crippen LogP contribution in [0.5, 0.6) is 0 Å². The first-order valence-electron chi connectivity index (χ1n) is 6.01. The molecule has 0 fully saturated rings. The summed E-state index contributed by atoms with van der Waals surface area (Å²) in [6.45, 7) is 0. The molecule has 0 aliphatic rings. The van der Waals surface area contributed by atoms with Gasteiger partial charge in [-0.05, 0) is 18.2 Å². The lowest BCUT2D eigenvalue weighted by Gasteiger charge is -2.03. The number of hydrogen-bond acceptors (Lipinski definition) is 2. The van der Waals surface area contributed by atoms with Crippen LogP contribution in [0.1, 0.15) is 10.4 Å². The van der Waals surface area contributed by atoms with E-state index in [9.17, 15) is 4.79 Å². The van der Waals surface area contributed by atoms with E-state index in [-0.39, 0.29) is 5.91 Å². The van der Waals surface area contributed by atoms with E-state index in [0.717, 1.165) is 10.9 Å². The van der Waals surface area contributed by atoms with E-state index >= 15 is 0 Å². The number of para-hydroxylation sites is 1. The Morgan fingerprint density at radius 1 is 1.21 bits per heavy atom. The third kappa shape index (κ3) is 2.08. The lowest BCUT2D eigenvalue weighted by molar-refractivity contribution is 0.102. The number of carbonyl (C=O) groups is 1. The molecule has 0 unspecified atom stereocenters. The molecule has 0 aliphatic carbocycles. The molecule has 0 atom stereocenters. The molecule has 0 radical (unpaired) electrons. The highest BCUT2D eigenvalue weighted by Gasteiger charge is 2.13. The predicted octanol–water partition coefficient (Wildman–Crippen LogP) is 2.83. The van der Waals surface area contributed by atoms with Gasteiger partial charge in [0.05, 0.1) is 17.4 Å². The Kier molecular flexibility index (Phi) is 2.76. The molecule has 3 aromatic rings. The largest absolute Gasteiger partial charge is 0.350 e. The smallest absolute Gasteiger partial charge is 0.257 e. The predicted molar refractivity (Wildman–Crippen MR) is 75.1 cm³/mol. The monoisotopic (exact) mass is 251 g/mol. The third-order valence-electron chi connectivity index (χ3n) is 3.06. The van der Waals surface area contributed by atoms with E-state index in [2.05, 4.69) is 10.3 Å².